The van der Waals surface area contributed by atoms with Gasteiger partial charge in [0.15, 0.2) is 5.78 Å². The number of carbonyl (C=O) groups excluding carboxylic acids is 3. The van der Waals surface area contributed by atoms with Crippen LogP contribution in [0.5, 0.6) is 0 Å². The number of aryl methyl sites for hydroxylation is 1. The van der Waals surface area contributed by atoms with Crippen LogP contribution < -0.4 is 16.8 Å². The second kappa shape index (κ2) is 11.5. The number of ether oxygens (including phenoxy) is 1. The van der Waals surface area contributed by atoms with E-state index < -0.39 is 17.9 Å². The summed E-state index contributed by atoms with van der Waals surface area (Å²) in [4.78, 5) is 40.1. The maximum absolute atomic E-state index is 12.8. The lowest BCUT2D eigenvalue weighted by atomic mass is 9.93. The molecule has 1 saturated heterocycles. The number of hydrogen-bond donors (Lipinski definition) is 4. The third-order valence-corrected chi connectivity index (χ3v) is 5.93. The van der Waals surface area contributed by atoms with Crippen LogP contribution in [0.15, 0.2) is 58.7 Å². The fourth-order valence-corrected chi connectivity index (χ4v) is 3.90. The highest BCUT2D eigenvalue weighted by molar-refractivity contribution is 8.07. The summed E-state index contributed by atoms with van der Waals surface area (Å²) in [5, 5.41) is 3.59. The van der Waals surface area contributed by atoms with E-state index in [1.165, 1.54) is 0 Å². The van der Waals surface area contributed by atoms with Crippen molar-refractivity contribution in [2.45, 2.75) is 33.7 Å². The van der Waals surface area contributed by atoms with Crippen molar-refractivity contribution in [1.29, 1.82) is 0 Å². The number of hydrogen-bond acceptors (Lipinski definition) is 8. The van der Waals surface area contributed by atoms with E-state index >= 15 is 0 Å². The van der Waals surface area contributed by atoms with E-state index in [4.69, 9.17) is 16.2 Å². The highest BCUT2D eigenvalue weighted by Gasteiger charge is 2.39. The van der Waals surface area contributed by atoms with Crippen molar-refractivity contribution in [3.63, 3.8) is 0 Å². The zero-order valence-electron chi connectivity index (χ0n) is 19.2. The van der Waals surface area contributed by atoms with Crippen molar-refractivity contribution in [1.82, 2.24) is 4.98 Å². The van der Waals surface area contributed by atoms with Gasteiger partial charge in [0.2, 0.25) is 5.78 Å². The number of thioether (sulfide) groups is 1. The minimum atomic E-state index is -0.938. The Hall–Kier alpha value is -3.30. The van der Waals surface area contributed by atoms with Crippen molar-refractivity contribution >= 4 is 35.0 Å². The second-order valence-electron chi connectivity index (χ2n) is 7.23. The SMILES string of the molecule is C=C(Nc1ccc(C(=O)C2COC(=O)C2N)cc1)S/C(C(=O)c1[nH]ccc1C)=C(\C)N.CC. The molecule has 2 heterocycles. The molecule has 0 radical (unpaired) electrons. The number of aromatic amines is 1. The molecular weight excluding hydrogens is 440 g/mol. The first-order valence-electron chi connectivity index (χ1n) is 10.5. The summed E-state index contributed by atoms with van der Waals surface area (Å²) in [6.45, 7) is 11.5. The Bertz CT molecular complexity index is 1070. The molecule has 0 spiro atoms. The van der Waals surface area contributed by atoms with E-state index in [2.05, 4.69) is 16.9 Å². The molecule has 9 heteroatoms. The summed E-state index contributed by atoms with van der Waals surface area (Å²) in [5.41, 5.74) is 14.5. The molecule has 0 saturated carbocycles. The minimum absolute atomic E-state index is 0.00581. The highest BCUT2D eigenvalue weighted by Crippen LogP contribution is 2.30. The minimum Gasteiger partial charge on any atom is -0.464 e. The van der Waals surface area contributed by atoms with Gasteiger partial charge in [0.05, 0.1) is 21.5 Å². The van der Waals surface area contributed by atoms with Gasteiger partial charge in [0.25, 0.3) is 0 Å². The number of benzene rings is 1. The Balaban J connectivity index is 0.00000187. The Morgan fingerprint density at radius 1 is 1.21 bits per heavy atom. The number of carbonyl (C=O) groups is 3. The van der Waals surface area contributed by atoms with Gasteiger partial charge in [-0.15, -0.1) is 0 Å². The van der Waals surface area contributed by atoms with Crippen LogP contribution in [-0.2, 0) is 9.53 Å². The van der Waals surface area contributed by atoms with E-state index in [1.807, 2.05) is 26.8 Å². The highest BCUT2D eigenvalue weighted by atomic mass is 32.2. The molecule has 33 heavy (non-hydrogen) atoms. The van der Waals surface area contributed by atoms with Crippen LogP contribution in [0.2, 0.25) is 0 Å². The summed E-state index contributed by atoms with van der Waals surface area (Å²) in [5.74, 6) is -1.69. The van der Waals surface area contributed by atoms with E-state index in [0.717, 1.165) is 17.3 Å². The largest absolute Gasteiger partial charge is 0.464 e. The van der Waals surface area contributed by atoms with Crippen LogP contribution in [-0.4, -0.2) is 35.2 Å². The van der Waals surface area contributed by atoms with Crippen molar-refractivity contribution in [2.75, 3.05) is 11.9 Å². The molecule has 176 valence electrons. The van der Waals surface area contributed by atoms with E-state index in [0.29, 0.717) is 32.6 Å². The van der Waals surface area contributed by atoms with Crippen molar-refractivity contribution in [2.24, 2.45) is 17.4 Å². The lowest BCUT2D eigenvalue weighted by molar-refractivity contribution is -0.139. The van der Waals surface area contributed by atoms with Gasteiger partial charge in [-0.25, -0.2) is 0 Å². The van der Waals surface area contributed by atoms with Gasteiger partial charge in [0, 0.05) is 23.1 Å². The molecular formula is C24H30N4O4S. The Morgan fingerprint density at radius 2 is 1.85 bits per heavy atom. The number of anilines is 1. The molecule has 1 aromatic heterocycles. The molecule has 2 unspecified atom stereocenters. The number of nitrogens with one attached hydrogen (secondary N) is 2. The second-order valence-corrected chi connectivity index (χ2v) is 8.34. The van der Waals surface area contributed by atoms with E-state index in [9.17, 15) is 14.4 Å². The standard InChI is InChI=1S/C22H24N4O4S.C2H6/c1-11-8-9-25-18(11)20(28)21(12(2)23)31-13(3)26-15-6-4-14(5-7-15)19(27)16-10-30-22(29)17(16)24;1-2/h4-9,16-17,25-26H,3,10,23-24H2,1-2H3;1-2H3/b21-12+;. The monoisotopic (exact) mass is 470 g/mol. The van der Waals surface area contributed by atoms with Gasteiger partial charge < -0.3 is 26.5 Å². The molecule has 2 atom stereocenters. The summed E-state index contributed by atoms with van der Waals surface area (Å²) in [6, 6.07) is 7.56. The van der Waals surface area contributed by atoms with Crippen molar-refractivity contribution in [3.05, 3.63) is 75.6 Å². The number of Topliss-reactive ketones (excluding diaryl/α,β-unsaturated/α-hetero) is 2. The average Bonchev–Trinajstić information content (AvgIpc) is 3.38. The molecule has 1 aliphatic rings. The lowest BCUT2D eigenvalue weighted by Gasteiger charge is -2.14. The first kappa shape index (κ1) is 26.0. The van der Waals surface area contributed by atoms with Crippen LogP contribution in [0.1, 0.15) is 47.2 Å². The maximum atomic E-state index is 12.8. The number of esters is 1. The molecule has 1 aliphatic heterocycles. The molecule has 0 amide bonds. The number of cyclic esters (lactones) is 1. The number of H-pyrrole nitrogens is 1. The lowest BCUT2D eigenvalue weighted by Crippen LogP contribution is -2.36. The molecule has 1 aromatic carbocycles. The summed E-state index contributed by atoms with van der Waals surface area (Å²) in [6.07, 6.45) is 1.70. The summed E-state index contributed by atoms with van der Waals surface area (Å²) >= 11 is 1.14. The third kappa shape index (κ3) is 6.15. The molecule has 8 nitrogen and oxygen atoms in total. The topological polar surface area (TPSA) is 140 Å². The molecule has 0 bridgehead atoms. The predicted octanol–water partition coefficient (Wildman–Crippen LogP) is 3.72. The fourth-order valence-electron chi connectivity index (χ4n) is 3.13. The quantitative estimate of drug-likeness (QED) is 0.260. The summed E-state index contributed by atoms with van der Waals surface area (Å²) in [7, 11) is 0. The van der Waals surface area contributed by atoms with Gasteiger partial charge >= 0.3 is 5.97 Å². The van der Waals surface area contributed by atoms with Crippen LogP contribution in [0.3, 0.4) is 0 Å². The Morgan fingerprint density at radius 3 is 2.33 bits per heavy atom. The van der Waals surface area contributed by atoms with E-state index in [1.54, 1.807) is 37.4 Å². The van der Waals surface area contributed by atoms with Crippen LogP contribution >= 0.6 is 11.8 Å². The smallest absolute Gasteiger partial charge is 0.323 e. The molecule has 1 fully saturated rings. The Kier molecular flexibility index (Phi) is 9.07. The number of allylic oxidation sites excluding steroid dienone is 2. The van der Waals surface area contributed by atoms with Gasteiger partial charge in [-0.05, 0) is 49.7 Å². The Labute approximate surface area is 197 Å². The molecule has 3 rings (SSSR count). The fraction of sp³-hybridized carbons (Fsp3) is 0.292. The van der Waals surface area contributed by atoms with Crippen molar-refractivity contribution in [3.8, 4) is 0 Å². The summed E-state index contributed by atoms with van der Waals surface area (Å²) < 4.78 is 4.85. The zero-order chi connectivity index (χ0) is 24.7. The number of aromatic nitrogens is 1. The molecule has 0 aliphatic carbocycles. The van der Waals surface area contributed by atoms with Gasteiger partial charge in [0.1, 0.15) is 12.6 Å². The maximum Gasteiger partial charge on any atom is 0.323 e. The van der Waals surface area contributed by atoms with Crippen LogP contribution in [0.4, 0.5) is 5.69 Å². The van der Waals surface area contributed by atoms with E-state index in [-0.39, 0.29) is 18.2 Å². The first-order valence-corrected chi connectivity index (χ1v) is 11.4. The van der Waals surface area contributed by atoms with Gasteiger partial charge in [-0.3, -0.25) is 14.4 Å². The van der Waals surface area contributed by atoms with Crippen LogP contribution in [0, 0.1) is 12.8 Å². The normalized spacial score (nSPS) is 17.9. The molecule has 6 N–H and O–H groups in total. The average molecular weight is 471 g/mol. The zero-order valence-corrected chi connectivity index (χ0v) is 20.0. The third-order valence-electron chi connectivity index (χ3n) is 4.87. The number of nitrogens with two attached hydrogens (primary N) is 2. The van der Waals surface area contributed by atoms with Gasteiger partial charge in [-0.1, -0.05) is 32.2 Å². The van der Waals surface area contributed by atoms with Crippen LogP contribution in [0.25, 0.3) is 0 Å². The van der Waals surface area contributed by atoms with Gasteiger partial charge in [-0.2, -0.15) is 0 Å². The number of rotatable bonds is 8. The predicted molar refractivity (Wildman–Crippen MR) is 132 cm³/mol. The number of ketones is 2. The molecule has 2 aromatic rings. The van der Waals surface area contributed by atoms with Crippen molar-refractivity contribution < 1.29 is 19.1 Å². The first-order chi connectivity index (χ1) is 15.7.